The van der Waals surface area contributed by atoms with Crippen LogP contribution in [0.25, 0.3) is 0 Å². The quantitative estimate of drug-likeness (QED) is 0.359. The van der Waals surface area contributed by atoms with Gasteiger partial charge >= 0.3 is 5.97 Å². The molecule has 1 amide bonds. The summed E-state index contributed by atoms with van der Waals surface area (Å²) in [4.78, 5) is 31.4. The van der Waals surface area contributed by atoms with Gasteiger partial charge in [-0.25, -0.2) is 4.79 Å². The number of nitrogens with one attached hydrogen (secondary N) is 1. The Hall–Kier alpha value is -2.18. The van der Waals surface area contributed by atoms with Crippen LogP contribution in [0.15, 0.2) is 52.1 Å². The molecule has 2 aromatic carbocycles. The summed E-state index contributed by atoms with van der Waals surface area (Å²) in [7, 11) is 0. The maximum absolute atomic E-state index is 13.6. The number of benzene rings is 2. The fourth-order valence-electron chi connectivity index (χ4n) is 5.23. The van der Waals surface area contributed by atoms with Crippen LogP contribution < -0.4 is 5.32 Å². The molecule has 2 aliphatic rings. The molecule has 0 saturated heterocycles. The number of oxime groups is 1. The molecule has 0 heterocycles. The third kappa shape index (κ3) is 3.48. The van der Waals surface area contributed by atoms with Gasteiger partial charge in [-0.15, -0.1) is 0 Å². The Bertz CT molecular complexity index is 1130. The van der Waals surface area contributed by atoms with E-state index in [-0.39, 0.29) is 16.7 Å². The van der Waals surface area contributed by atoms with Gasteiger partial charge in [-0.1, -0.05) is 59.5 Å². The van der Waals surface area contributed by atoms with E-state index < -0.39 is 11.4 Å². The summed E-state index contributed by atoms with van der Waals surface area (Å²) >= 11 is 9.50. The first kappa shape index (κ1) is 23.0. The van der Waals surface area contributed by atoms with E-state index in [1.807, 2.05) is 19.1 Å². The first-order chi connectivity index (χ1) is 15.0. The van der Waals surface area contributed by atoms with Crippen molar-refractivity contribution in [2.45, 2.75) is 47.0 Å². The van der Waals surface area contributed by atoms with Crippen LogP contribution in [0.5, 0.6) is 0 Å². The third-order valence-corrected chi connectivity index (χ3v) is 8.70. The number of fused-ring (bicyclic) bond motifs is 2. The summed E-state index contributed by atoms with van der Waals surface area (Å²) in [5, 5.41) is 7.98. The molecule has 2 aliphatic carbocycles. The molecule has 4 rings (SSSR count). The number of carbonyl (C=O) groups excluding carboxylic acids is 2. The minimum absolute atomic E-state index is 0.0407. The molecule has 2 saturated carbocycles. The number of hydrogen-bond acceptors (Lipinski definition) is 4. The van der Waals surface area contributed by atoms with Crippen LogP contribution in [0.1, 0.15) is 56.0 Å². The fraction of sp³-hybridized carbons (Fsp3) is 0.400. The first-order valence-corrected chi connectivity index (χ1v) is 11.8. The lowest BCUT2D eigenvalue weighted by Crippen LogP contribution is -2.43. The molecule has 0 spiro atoms. The number of hydrogen-bond donors (Lipinski definition) is 1. The molecule has 168 valence electrons. The summed E-state index contributed by atoms with van der Waals surface area (Å²) in [5.74, 6) is -0.553. The fourth-order valence-corrected chi connectivity index (χ4v) is 5.66. The smallest absolute Gasteiger partial charge is 0.325 e. The van der Waals surface area contributed by atoms with Gasteiger partial charge in [0.05, 0.1) is 16.7 Å². The second-order valence-electron chi connectivity index (χ2n) is 9.55. The number of aryl methyl sites for hydroxylation is 1. The highest BCUT2D eigenvalue weighted by Crippen LogP contribution is 2.71. The molecule has 1 N–H and O–H groups in total. The number of amides is 1. The molecule has 0 aliphatic heterocycles. The number of anilines is 1. The average molecular weight is 518 g/mol. The Labute approximate surface area is 201 Å². The van der Waals surface area contributed by atoms with E-state index in [1.165, 1.54) is 0 Å². The molecular weight excluding hydrogens is 492 g/mol. The van der Waals surface area contributed by atoms with Gasteiger partial charge in [0, 0.05) is 27.0 Å². The van der Waals surface area contributed by atoms with Crippen molar-refractivity contribution in [3.05, 3.63) is 63.1 Å². The summed E-state index contributed by atoms with van der Waals surface area (Å²) in [6, 6.07) is 12.4. The lowest BCUT2D eigenvalue weighted by atomic mass is 9.64. The minimum atomic E-state index is -0.640. The SMILES string of the molecule is Cc1ccc(Cl)cc1NC(=O)C12CCC(C)(/C(=N\OC(=O)c3ccc(Br)cc3)C1)C2(C)C. The van der Waals surface area contributed by atoms with Crippen LogP contribution in [0, 0.1) is 23.2 Å². The molecular formula is C25H26BrClN2O3. The van der Waals surface area contributed by atoms with Crippen LogP contribution in [0.4, 0.5) is 5.69 Å². The maximum Gasteiger partial charge on any atom is 0.365 e. The van der Waals surface area contributed by atoms with E-state index in [1.54, 1.807) is 30.3 Å². The molecule has 2 bridgehead atoms. The lowest BCUT2D eigenvalue weighted by molar-refractivity contribution is -0.130. The lowest BCUT2D eigenvalue weighted by Gasteiger charge is -2.39. The number of rotatable bonds is 4. The molecule has 5 nitrogen and oxygen atoms in total. The Balaban J connectivity index is 1.60. The third-order valence-electron chi connectivity index (χ3n) is 7.93. The summed E-state index contributed by atoms with van der Waals surface area (Å²) in [6.45, 7) is 8.29. The van der Waals surface area contributed by atoms with Gasteiger partial charge < -0.3 is 10.2 Å². The van der Waals surface area contributed by atoms with Crippen molar-refractivity contribution in [2.75, 3.05) is 5.32 Å². The molecule has 2 aromatic rings. The van der Waals surface area contributed by atoms with Crippen LogP contribution in [0.3, 0.4) is 0 Å². The Kier molecular flexibility index (Phi) is 5.74. The van der Waals surface area contributed by atoms with Gasteiger partial charge in [-0.2, -0.15) is 0 Å². The minimum Gasteiger partial charge on any atom is -0.325 e. The Morgan fingerprint density at radius 1 is 1.09 bits per heavy atom. The van der Waals surface area contributed by atoms with E-state index in [4.69, 9.17) is 16.4 Å². The van der Waals surface area contributed by atoms with Crippen LogP contribution in [-0.2, 0) is 9.63 Å². The predicted octanol–water partition coefficient (Wildman–Crippen LogP) is 6.78. The summed E-state index contributed by atoms with van der Waals surface area (Å²) < 4.78 is 0.880. The van der Waals surface area contributed by atoms with Gasteiger partial charge in [0.2, 0.25) is 5.91 Å². The van der Waals surface area contributed by atoms with E-state index >= 15 is 0 Å². The van der Waals surface area contributed by atoms with Crippen molar-refractivity contribution in [3.63, 3.8) is 0 Å². The predicted molar refractivity (Wildman–Crippen MR) is 130 cm³/mol. The highest BCUT2D eigenvalue weighted by molar-refractivity contribution is 9.10. The van der Waals surface area contributed by atoms with E-state index in [0.29, 0.717) is 22.7 Å². The van der Waals surface area contributed by atoms with Crippen molar-refractivity contribution in [3.8, 4) is 0 Å². The standard InChI is InChI=1S/C25H26BrClN2O3/c1-15-5-10-18(27)13-19(15)28-22(31)25-12-11-24(4,23(25,2)3)20(14-25)29-32-21(30)16-6-8-17(26)9-7-16/h5-10,13H,11-12,14H2,1-4H3,(H,28,31)/b29-20-. The van der Waals surface area contributed by atoms with Crippen LogP contribution in [0.2, 0.25) is 5.02 Å². The van der Waals surface area contributed by atoms with E-state index in [9.17, 15) is 9.59 Å². The summed E-state index contributed by atoms with van der Waals surface area (Å²) in [6.07, 6.45) is 2.01. The zero-order valence-corrected chi connectivity index (χ0v) is 20.9. The largest absolute Gasteiger partial charge is 0.365 e. The van der Waals surface area contributed by atoms with Gasteiger partial charge in [0.15, 0.2) is 0 Å². The molecule has 7 heteroatoms. The van der Waals surface area contributed by atoms with Gasteiger partial charge in [0.25, 0.3) is 0 Å². The average Bonchev–Trinajstić information content (AvgIpc) is 3.05. The Morgan fingerprint density at radius 2 is 1.78 bits per heavy atom. The highest BCUT2D eigenvalue weighted by atomic mass is 79.9. The number of halogens is 2. The van der Waals surface area contributed by atoms with Gasteiger partial charge in [-0.05, 0) is 67.1 Å². The van der Waals surface area contributed by atoms with Gasteiger partial charge in [0.1, 0.15) is 0 Å². The summed E-state index contributed by atoms with van der Waals surface area (Å²) in [5.41, 5.74) is 1.51. The van der Waals surface area contributed by atoms with Crippen LogP contribution in [-0.4, -0.2) is 17.6 Å². The first-order valence-electron chi connectivity index (χ1n) is 10.6. The van der Waals surface area contributed by atoms with Crippen molar-refractivity contribution in [1.82, 2.24) is 0 Å². The maximum atomic E-state index is 13.6. The molecule has 32 heavy (non-hydrogen) atoms. The molecule has 2 unspecified atom stereocenters. The number of carbonyl (C=O) groups is 2. The van der Waals surface area contributed by atoms with E-state index in [2.05, 4.69) is 47.2 Å². The molecule has 0 radical (unpaired) electrons. The second kappa shape index (κ2) is 7.99. The molecule has 2 atom stereocenters. The van der Waals surface area contributed by atoms with E-state index in [0.717, 1.165) is 28.6 Å². The topological polar surface area (TPSA) is 67.8 Å². The van der Waals surface area contributed by atoms with Crippen molar-refractivity contribution in [1.29, 1.82) is 0 Å². The van der Waals surface area contributed by atoms with Crippen molar-refractivity contribution in [2.24, 2.45) is 21.4 Å². The Morgan fingerprint density at radius 3 is 2.47 bits per heavy atom. The van der Waals surface area contributed by atoms with Crippen molar-refractivity contribution < 1.29 is 14.4 Å². The molecule has 0 aromatic heterocycles. The van der Waals surface area contributed by atoms with Crippen LogP contribution >= 0.6 is 27.5 Å². The normalized spacial score (nSPS) is 26.9. The highest BCUT2D eigenvalue weighted by Gasteiger charge is 2.71. The molecule has 2 fully saturated rings. The van der Waals surface area contributed by atoms with Crippen molar-refractivity contribution >= 4 is 50.8 Å². The monoisotopic (exact) mass is 516 g/mol. The second-order valence-corrected chi connectivity index (χ2v) is 10.9. The zero-order chi connectivity index (χ0) is 23.3. The van der Waals surface area contributed by atoms with Gasteiger partial charge in [-0.3, -0.25) is 4.79 Å². The zero-order valence-electron chi connectivity index (χ0n) is 18.6. The number of nitrogens with zero attached hydrogens (tertiary/aromatic N) is 1.